The van der Waals surface area contributed by atoms with Gasteiger partial charge >= 0.3 is 0 Å². The van der Waals surface area contributed by atoms with Crippen LogP contribution in [0.25, 0.3) is 0 Å². The number of hydrogen-bond acceptors (Lipinski definition) is 2. The van der Waals surface area contributed by atoms with Gasteiger partial charge in [0.2, 0.25) is 0 Å². The largest absolute Gasteiger partial charge is 0.315 e. The van der Waals surface area contributed by atoms with Gasteiger partial charge in [-0.05, 0) is 51.2 Å². The number of likely N-dealkylation sites (tertiary alicyclic amines) is 1. The lowest BCUT2D eigenvalue weighted by Gasteiger charge is -2.22. The molecule has 0 aromatic carbocycles. The van der Waals surface area contributed by atoms with Crippen LogP contribution in [0.4, 0.5) is 0 Å². The van der Waals surface area contributed by atoms with Gasteiger partial charge < -0.3 is 5.32 Å². The van der Waals surface area contributed by atoms with Crippen molar-refractivity contribution in [2.45, 2.75) is 51.5 Å². The van der Waals surface area contributed by atoms with E-state index in [1.165, 1.54) is 64.7 Å². The summed E-state index contributed by atoms with van der Waals surface area (Å²) in [5, 5.41) is 3.63. The molecule has 2 nitrogen and oxygen atoms in total. The molecule has 0 bridgehead atoms. The topological polar surface area (TPSA) is 15.3 Å². The Hall–Kier alpha value is -0.0800. The Labute approximate surface area is 94.4 Å². The van der Waals surface area contributed by atoms with Gasteiger partial charge in [0.1, 0.15) is 0 Å². The van der Waals surface area contributed by atoms with Crippen LogP contribution < -0.4 is 5.32 Å². The van der Waals surface area contributed by atoms with Crippen LogP contribution in [-0.2, 0) is 0 Å². The maximum absolute atomic E-state index is 3.63. The zero-order valence-electron chi connectivity index (χ0n) is 10.2. The van der Waals surface area contributed by atoms with Crippen molar-refractivity contribution in [3.8, 4) is 0 Å². The first-order valence-corrected chi connectivity index (χ1v) is 6.85. The monoisotopic (exact) mass is 210 g/mol. The van der Waals surface area contributed by atoms with Crippen molar-refractivity contribution < 1.29 is 0 Å². The highest BCUT2D eigenvalue weighted by molar-refractivity contribution is 4.80. The minimum absolute atomic E-state index is 0.830. The fourth-order valence-corrected chi connectivity index (χ4v) is 2.73. The Morgan fingerprint density at radius 3 is 2.87 bits per heavy atom. The lowest BCUT2D eigenvalue weighted by Crippen LogP contribution is -2.38. The summed E-state index contributed by atoms with van der Waals surface area (Å²) in [7, 11) is 0. The Morgan fingerprint density at radius 1 is 1.27 bits per heavy atom. The molecular weight excluding hydrogens is 184 g/mol. The van der Waals surface area contributed by atoms with Crippen molar-refractivity contribution in [1.82, 2.24) is 10.2 Å². The molecule has 0 amide bonds. The number of nitrogens with one attached hydrogen (secondary N) is 1. The fraction of sp³-hybridized carbons (Fsp3) is 1.00. The predicted octanol–water partition coefficient (Wildman–Crippen LogP) is 2.25. The second-order valence-corrected chi connectivity index (χ2v) is 5.21. The van der Waals surface area contributed by atoms with Gasteiger partial charge in [-0.3, -0.25) is 4.90 Å². The molecular formula is C13H26N2. The molecule has 1 aliphatic carbocycles. The van der Waals surface area contributed by atoms with Gasteiger partial charge in [0.25, 0.3) is 0 Å². The standard InChI is InChI=1S/C13H26N2/c1-2-15-10-4-6-13(15)11-14-9-3-5-12-7-8-12/h12-14H,2-11H2,1H3. The van der Waals surface area contributed by atoms with E-state index < -0.39 is 0 Å². The first kappa shape index (κ1) is 11.4. The van der Waals surface area contributed by atoms with E-state index in [0.29, 0.717) is 0 Å². The van der Waals surface area contributed by atoms with E-state index in [4.69, 9.17) is 0 Å². The molecule has 0 aromatic heterocycles. The maximum Gasteiger partial charge on any atom is 0.0220 e. The molecule has 1 saturated carbocycles. The van der Waals surface area contributed by atoms with Crippen molar-refractivity contribution >= 4 is 0 Å². The third kappa shape index (κ3) is 3.76. The summed E-state index contributed by atoms with van der Waals surface area (Å²) in [6.45, 7) is 7.30. The third-order valence-corrected chi connectivity index (χ3v) is 3.95. The van der Waals surface area contributed by atoms with Crippen LogP contribution in [0.1, 0.15) is 45.4 Å². The molecule has 1 aliphatic heterocycles. The van der Waals surface area contributed by atoms with E-state index in [0.717, 1.165) is 12.0 Å². The second kappa shape index (κ2) is 5.86. The average Bonchev–Trinajstić information content (AvgIpc) is 2.96. The molecule has 1 heterocycles. The first-order chi connectivity index (χ1) is 7.40. The Morgan fingerprint density at radius 2 is 2.13 bits per heavy atom. The van der Waals surface area contributed by atoms with Crippen LogP contribution >= 0.6 is 0 Å². The van der Waals surface area contributed by atoms with E-state index in [1.54, 1.807) is 0 Å². The van der Waals surface area contributed by atoms with E-state index in [9.17, 15) is 0 Å². The highest BCUT2D eigenvalue weighted by atomic mass is 15.2. The highest BCUT2D eigenvalue weighted by Gasteiger charge is 2.22. The SMILES string of the molecule is CCN1CCCC1CNCCCC1CC1. The Balaban J connectivity index is 1.48. The molecule has 2 aliphatic rings. The van der Waals surface area contributed by atoms with Crippen LogP contribution in [0, 0.1) is 5.92 Å². The molecule has 1 atom stereocenters. The molecule has 0 aromatic rings. The summed E-state index contributed by atoms with van der Waals surface area (Å²) in [5.74, 6) is 1.10. The first-order valence-electron chi connectivity index (χ1n) is 6.85. The summed E-state index contributed by atoms with van der Waals surface area (Å²) in [4.78, 5) is 2.62. The van der Waals surface area contributed by atoms with Gasteiger partial charge in [-0.25, -0.2) is 0 Å². The average molecular weight is 210 g/mol. The lowest BCUT2D eigenvalue weighted by molar-refractivity contribution is 0.260. The van der Waals surface area contributed by atoms with Gasteiger partial charge in [0.05, 0.1) is 0 Å². The summed E-state index contributed by atoms with van der Waals surface area (Å²) < 4.78 is 0. The lowest BCUT2D eigenvalue weighted by atomic mass is 10.2. The van der Waals surface area contributed by atoms with Gasteiger partial charge in [-0.1, -0.05) is 19.8 Å². The van der Waals surface area contributed by atoms with Crippen molar-refractivity contribution in [3.63, 3.8) is 0 Å². The minimum Gasteiger partial charge on any atom is -0.315 e. The van der Waals surface area contributed by atoms with Crippen LogP contribution in [0.2, 0.25) is 0 Å². The summed E-state index contributed by atoms with van der Waals surface area (Å²) in [5.41, 5.74) is 0. The molecule has 88 valence electrons. The van der Waals surface area contributed by atoms with Crippen LogP contribution in [0.5, 0.6) is 0 Å². The van der Waals surface area contributed by atoms with Crippen molar-refractivity contribution in [3.05, 3.63) is 0 Å². The Kier molecular flexibility index (Phi) is 4.45. The number of rotatable bonds is 7. The van der Waals surface area contributed by atoms with Crippen LogP contribution in [-0.4, -0.2) is 37.1 Å². The van der Waals surface area contributed by atoms with Gasteiger partial charge in [-0.2, -0.15) is 0 Å². The van der Waals surface area contributed by atoms with Gasteiger partial charge in [0.15, 0.2) is 0 Å². The summed E-state index contributed by atoms with van der Waals surface area (Å²) in [6, 6.07) is 0.830. The van der Waals surface area contributed by atoms with Gasteiger partial charge in [-0.15, -0.1) is 0 Å². The minimum atomic E-state index is 0.830. The predicted molar refractivity (Wildman–Crippen MR) is 65.1 cm³/mol. The molecule has 0 spiro atoms. The molecule has 1 N–H and O–H groups in total. The summed E-state index contributed by atoms with van der Waals surface area (Å²) >= 11 is 0. The normalized spacial score (nSPS) is 27.4. The Bertz CT molecular complexity index is 177. The number of hydrogen-bond donors (Lipinski definition) is 1. The van der Waals surface area contributed by atoms with Crippen molar-refractivity contribution in [2.75, 3.05) is 26.2 Å². The van der Waals surface area contributed by atoms with E-state index in [1.807, 2.05) is 0 Å². The van der Waals surface area contributed by atoms with Crippen LogP contribution in [0.15, 0.2) is 0 Å². The smallest absolute Gasteiger partial charge is 0.0220 e. The van der Waals surface area contributed by atoms with Crippen LogP contribution in [0.3, 0.4) is 0 Å². The van der Waals surface area contributed by atoms with Gasteiger partial charge in [0, 0.05) is 12.6 Å². The van der Waals surface area contributed by atoms with E-state index in [2.05, 4.69) is 17.1 Å². The fourth-order valence-electron chi connectivity index (χ4n) is 2.73. The quantitative estimate of drug-likeness (QED) is 0.648. The molecule has 2 heteroatoms. The number of nitrogens with zero attached hydrogens (tertiary/aromatic N) is 1. The zero-order valence-corrected chi connectivity index (χ0v) is 10.2. The molecule has 1 saturated heterocycles. The second-order valence-electron chi connectivity index (χ2n) is 5.21. The zero-order chi connectivity index (χ0) is 10.5. The van der Waals surface area contributed by atoms with E-state index in [-0.39, 0.29) is 0 Å². The molecule has 0 radical (unpaired) electrons. The van der Waals surface area contributed by atoms with Crippen molar-refractivity contribution in [2.24, 2.45) is 5.92 Å². The van der Waals surface area contributed by atoms with Crippen molar-refractivity contribution in [1.29, 1.82) is 0 Å². The molecule has 2 rings (SSSR count). The molecule has 2 fully saturated rings. The summed E-state index contributed by atoms with van der Waals surface area (Å²) in [6.07, 6.45) is 8.68. The highest BCUT2D eigenvalue weighted by Crippen LogP contribution is 2.33. The number of likely N-dealkylation sites (N-methyl/N-ethyl adjacent to an activating group) is 1. The molecule has 15 heavy (non-hydrogen) atoms. The maximum atomic E-state index is 3.63. The molecule has 1 unspecified atom stereocenters. The third-order valence-electron chi connectivity index (χ3n) is 3.95. The van der Waals surface area contributed by atoms with E-state index >= 15 is 0 Å².